The second-order valence-electron chi connectivity index (χ2n) is 1.62. The van der Waals surface area contributed by atoms with Gasteiger partial charge in [-0.15, -0.1) is 5.10 Å². The third-order valence-corrected chi connectivity index (χ3v) is 0.904. The van der Waals surface area contributed by atoms with E-state index in [0.717, 1.165) is 0 Å². The molecule has 46 valence electrons. The summed E-state index contributed by atoms with van der Waals surface area (Å²) in [5, 5.41) is 11.5. The van der Waals surface area contributed by atoms with Crippen LogP contribution >= 0.6 is 0 Å². The summed E-state index contributed by atoms with van der Waals surface area (Å²) in [4.78, 5) is 0. The fourth-order valence-electron chi connectivity index (χ4n) is 0.536. The minimum absolute atomic E-state index is 0.0162. The first-order valence-electron chi connectivity index (χ1n) is 2.33. The van der Waals surface area contributed by atoms with Crippen molar-refractivity contribution < 1.29 is 4.39 Å². The molecule has 9 heavy (non-hydrogen) atoms. The van der Waals surface area contributed by atoms with Gasteiger partial charge in [0.2, 0.25) is 5.95 Å². The van der Waals surface area contributed by atoms with E-state index in [0.29, 0.717) is 0 Å². The zero-order valence-corrected chi connectivity index (χ0v) is 4.80. The molecule has 0 aromatic carbocycles. The summed E-state index contributed by atoms with van der Waals surface area (Å²) >= 11 is 0. The van der Waals surface area contributed by atoms with Crippen molar-refractivity contribution in [3.05, 3.63) is 17.7 Å². The van der Waals surface area contributed by atoms with Crippen LogP contribution in [0.25, 0.3) is 0 Å². The molecule has 4 heteroatoms. The molecule has 1 heterocycles. The summed E-state index contributed by atoms with van der Waals surface area (Å²) in [6.45, 7) is 0. The Hall–Kier alpha value is -1.37. The van der Waals surface area contributed by atoms with Gasteiger partial charge in [-0.1, -0.05) is 0 Å². The first-order chi connectivity index (χ1) is 4.24. The molecule has 0 bridgehead atoms. The molecule has 0 radical (unpaired) electrons. The Labute approximate surface area is 51.3 Å². The van der Waals surface area contributed by atoms with Crippen molar-refractivity contribution in [2.24, 2.45) is 7.05 Å². The molecule has 0 saturated carbocycles. The van der Waals surface area contributed by atoms with Crippen molar-refractivity contribution in [2.45, 2.75) is 0 Å². The zero-order valence-electron chi connectivity index (χ0n) is 4.80. The lowest BCUT2D eigenvalue weighted by Gasteiger charge is -1.77. The molecule has 0 atom stereocenters. The summed E-state index contributed by atoms with van der Waals surface area (Å²) in [6, 6.07) is 1.66. The molecule has 1 rings (SSSR count). The van der Waals surface area contributed by atoms with E-state index in [2.05, 4.69) is 5.10 Å². The van der Waals surface area contributed by atoms with Crippen LogP contribution in [0.4, 0.5) is 4.39 Å². The van der Waals surface area contributed by atoms with Crippen LogP contribution in [-0.2, 0) is 7.05 Å². The fraction of sp³-hybridized carbons (Fsp3) is 0.200. The molecule has 0 aliphatic carbocycles. The molecule has 0 spiro atoms. The van der Waals surface area contributed by atoms with Crippen molar-refractivity contribution >= 4 is 0 Å². The van der Waals surface area contributed by atoms with E-state index in [1.807, 2.05) is 0 Å². The van der Waals surface area contributed by atoms with Gasteiger partial charge < -0.3 is 0 Å². The first kappa shape index (κ1) is 5.76. The molecule has 0 saturated heterocycles. The van der Waals surface area contributed by atoms with Gasteiger partial charge in [0.1, 0.15) is 11.6 Å². The predicted octanol–water partition coefficient (Wildman–Crippen LogP) is 0.431. The standard InChI is InChI=1S/C5H4FN3/c1-9-3-4(2-7)5(6)8-9/h3H,1H3. The topological polar surface area (TPSA) is 41.6 Å². The second kappa shape index (κ2) is 1.86. The van der Waals surface area contributed by atoms with Gasteiger partial charge in [-0.3, -0.25) is 4.68 Å². The Bertz CT molecular complexity index is 258. The van der Waals surface area contributed by atoms with Crippen molar-refractivity contribution in [1.82, 2.24) is 9.78 Å². The van der Waals surface area contributed by atoms with Gasteiger partial charge >= 0.3 is 0 Å². The Kier molecular flexibility index (Phi) is 1.19. The van der Waals surface area contributed by atoms with Gasteiger partial charge in [0.15, 0.2) is 0 Å². The average Bonchev–Trinajstić information content (AvgIpc) is 2.10. The van der Waals surface area contributed by atoms with E-state index in [-0.39, 0.29) is 5.56 Å². The van der Waals surface area contributed by atoms with Gasteiger partial charge in [-0.25, -0.2) is 0 Å². The van der Waals surface area contributed by atoms with Gasteiger partial charge in [0.05, 0.1) is 0 Å². The molecule has 0 aliphatic heterocycles. The Balaban J connectivity index is 3.20. The summed E-state index contributed by atoms with van der Waals surface area (Å²) < 4.78 is 13.5. The van der Waals surface area contributed by atoms with Crippen molar-refractivity contribution in [3.63, 3.8) is 0 Å². The first-order valence-corrected chi connectivity index (χ1v) is 2.33. The number of aromatic nitrogens is 2. The smallest absolute Gasteiger partial charge is 0.250 e. The lowest BCUT2D eigenvalue weighted by atomic mass is 10.4. The molecule has 1 aromatic heterocycles. The predicted molar refractivity (Wildman–Crippen MR) is 27.9 cm³/mol. The van der Waals surface area contributed by atoms with Gasteiger partial charge in [-0.05, 0) is 0 Å². The normalized spacial score (nSPS) is 9.00. The van der Waals surface area contributed by atoms with Gasteiger partial charge in [-0.2, -0.15) is 9.65 Å². The number of rotatable bonds is 0. The number of hydrogen-bond acceptors (Lipinski definition) is 2. The summed E-state index contributed by atoms with van der Waals surface area (Å²) in [5.74, 6) is -0.708. The van der Waals surface area contributed by atoms with E-state index < -0.39 is 5.95 Å². The van der Waals surface area contributed by atoms with Crippen LogP contribution in [0.15, 0.2) is 6.20 Å². The number of hydrogen-bond donors (Lipinski definition) is 0. The summed E-state index contributed by atoms with van der Waals surface area (Å²) in [5.41, 5.74) is -0.0162. The van der Waals surface area contributed by atoms with Crippen LogP contribution in [-0.4, -0.2) is 9.78 Å². The van der Waals surface area contributed by atoms with Gasteiger partial charge in [0, 0.05) is 13.2 Å². The zero-order chi connectivity index (χ0) is 6.85. The Morgan fingerprint density at radius 2 is 2.56 bits per heavy atom. The Morgan fingerprint density at radius 1 is 1.89 bits per heavy atom. The molecule has 0 N–H and O–H groups in total. The fourth-order valence-corrected chi connectivity index (χ4v) is 0.536. The SMILES string of the molecule is Cn1cc(C#N)c(F)n1. The maximum absolute atomic E-state index is 12.3. The monoisotopic (exact) mass is 125 g/mol. The quantitative estimate of drug-likeness (QED) is 0.504. The highest BCUT2D eigenvalue weighted by atomic mass is 19.1. The molecular formula is C5H4FN3. The molecule has 0 amide bonds. The Morgan fingerprint density at radius 3 is 2.78 bits per heavy atom. The minimum atomic E-state index is -0.708. The van der Waals surface area contributed by atoms with Crippen LogP contribution in [0.1, 0.15) is 5.56 Å². The molecular weight excluding hydrogens is 121 g/mol. The largest absolute Gasteiger partial charge is 0.271 e. The summed E-state index contributed by atoms with van der Waals surface area (Å²) in [6.07, 6.45) is 1.33. The van der Waals surface area contributed by atoms with E-state index >= 15 is 0 Å². The highest BCUT2D eigenvalue weighted by Crippen LogP contribution is 1.99. The van der Waals surface area contributed by atoms with Crippen molar-refractivity contribution in [3.8, 4) is 6.07 Å². The van der Waals surface area contributed by atoms with Crippen LogP contribution in [0.3, 0.4) is 0 Å². The third-order valence-electron chi connectivity index (χ3n) is 0.904. The number of nitriles is 1. The average molecular weight is 125 g/mol. The molecule has 0 unspecified atom stereocenters. The molecule has 1 aromatic rings. The van der Waals surface area contributed by atoms with Crippen LogP contribution in [0.5, 0.6) is 0 Å². The third kappa shape index (κ3) is 0.891. The van der Waals surface area contributed by atoms with Crippen molar-refractivity contribution in [2.75, 3.05) is 0 Å². The highest BCUT2D eigenvalue weighted by molar-refractivity contribution is 5.23. The maximum Gasteiger partial charge on any atom is 0.250 e. The summed E-state index contributed by atoms with van der Waals surface area (Å²) in [7, 11) is 1.56. The van der Waals surface area contributed by atoms with E-state index in [9.17, 15) is 4.39 Å². The highest BCUT2D eigenvalue weighted by Gasteiger charge is 2.02. The number of nitrogens with zero attached hydrogens (tertiary/aromatic N) is 3. The van der Waals surface area contributed by atoms with Crippen molar-refractivity contribution in [1.29, 1.82) is 5.26 Å². The second-order valence-corrected chi connectivity index (χ2v) is 1.62. The maximum atomic E-state index is 12.3. The number of aryl methyl sites for hydroxylation is 1. The lowest BCUT2D eigenvalue weighted by Crippen LogP contribution is -1.86. The van der Waals surface area contributed by atoms with E-state index in [1.165, 1.54) is 10.9 Å². The van der Waals surface area contributed by atoms with E-state index in [1.54, 1.807) is 13.1 Å². The minimum Gasteiger partial charge on any atom is -0.271 e. The van der Waals surface area contributed by atoms with Gasteiger partial charge in [0.25, 0.3) is 0 Å². The lowest BCUT2D eigenvalue weighted by molar-refractivity contribution is 0.551. The molecule has 0 fully saturated rings. The van der Waals surface area contributed by atoms with Crippen LogP contribution < -0.4 is 0 Å². The molecule has 0 aliphatic rings. The van der Waals surface area contributed by atoms with E-state index in [4.69, 9.17) is 5.26 Å². The van der Waals surface area contributed by atoms with Crippen LogP contribution in [0.2, 0.25) is 0 Å². The van der Waals surface area contributed by atoms with Crippen LogP contribution in [0, 0.1) is 17.3 Å². The molecule has 3 nitrogen and oxygen atoms in total. The number of halogens is 1.